The van der Waals surface area contributed by atoms with Gasteiger partial charge >= 0.3 is 0 Å². The highest BCUT2D eigenvalue weighted by atomic mass is 32.2. The molecular formula is C18H23N3O4S2. The van der Waals surface area contributed by atoms with Gasteiger partial charge in [-0.05, 0) is 43.2 Å². The molecule has 0 spiro atoms. The van der Waals surface area contributed by atoms with Crippen molar-refractivity contribution >= 4 is 27.3 Å². The first kappa shape index (κ1) is 19.8. The molecule has 2 aromatic rings. The minimum atomic E-state index is -3.50. The largest absolute Gasteiger partial charge is 0.497 e. The molecule has 1 aliphatic rings. The van der Waals surface area contributed by atoms with Crippen LogP contribution in [0.25, 0.3) is 0 Å². The quantitative estimate of drug-likeness (QED) is 0.757. The number of rotatable bonds is 6. The molecule has 1 fully saturated rings. The van der Waals surface area contributed by atoms with E-state index in [1.54, 1.807) is 43.5 Å². The Labute approximate surface area is 163 Å². The lowest BCUT2D eigenvalue weighted by Crippen LogP contribution is -2.42. The number of nitrogens with two attached hydrogens (primary N) is 1. The van der Waals surface area contributed by atoms with Crippen molar-refractivity contribution in [1.29, 1.82) is 0 Å². The number of carbonyl (C=O) groups is 1. The van der Waals surface area contributed by atoms with Crippen LogP contribution in [-0.2, 0) is 16.6 Å². The summed E-state index contributed by atoms with van der Waals surface area (Å²) in [6.07, 6.45) is 1.35. The number of nitrogens with one attached hydrogen (secondary N) is 1. The number of benzene rings is 1. The van der Waals surface area contributed by atoms with Crippen LogP contribution in [0.4, 0.5) is 0 Å². The van der Waals surface area contributed by atoms with Crippen molar-refractivity contribution in [3.05, 3.63) is 46.8 Å². The van der Waals surface area contributed by atoms with Crippen LogP contribution < -0.4 is 15.8 Å². The zero-order valence-corrected chi connectivity index (χ0v) is 16.7. The SMILES string of the molecule is COc1cccc(C(=O)NCc2ccc(S(=O)(=O)N3CCC(N)CC3)s2)c1. The zero-order valence-electron chi connectivity index (χ0n) is 15.1. The van der Waals surface area contributed by atoms with Gasteiger partial charge in [-0.3, -0.25) is 4.79 Å². The number of piperidine rings is 1. The van der Waals surface area contributed by atoms with Crippen LogP contribution in [0.1, 0.15) is 28.1 Å². The Hall–Kier alpha value is -1.94. The second-order valence-electron chi connectivity index (χ2n) is 6.38. The fourth-order valence-corrected chi connectivity index (χ4v) is 5.79. The second kappa shape index (κ2) is 8.39. The first-order chi connectivity index (χ1) is 12.9. The maximum Gasteiger partial charge on any atom is 0.252 e. The maximum absolute atomic E-state index is 12.7. The van der Waals surface area contributed by atoms with E-state index in [9.17, 15) is 13.2 Å². The van der Waals surface area contributed by atoms with Gasteiger partial charge in [0.15, 0.2) is 0 Å². The van der Waals surface area contributed by atoms with Gasteiger partial charge < -0.3 is 15.8 Å². The number of thiophene rings is 1. The molecule has 3 rings (SSSR count). The molecule has 1 aromatic heterocycles. The van der Waals surface area contributed by atoms with Crippen molar-refractivity contribution in [2.75, 3.05) is 20.2 Å². The van der Waals surface area contributed by atoms with Gasteiger partial charge in [-0.25, -0.2) is 8.42 Å². The summed E-state index contributed by atoms with van der Waals surface area (Å²) in [4.78, 5) is 13.0. The Morgan fingerprint density at radius 2 is 2.04 bits per heavy atom. The molecule has 0 saturated carbocycles. The van der Waals surface area contributed by atoms with E-state index in [2.05, 4.69) is 5.32 Å². The fourth-order valence-electron chi connectivity index (χ4n) is 2.87. The van der Waals surface area contributed by atoms with E-state index in [0.717, 1.165) is 4.88 Å². The van der Waals surface area contributed by atoms with E-state index in [1.165, 1.54) is 15.6 Å². The fraction of sp³-hybridized carbons (Fsp3) is 0.389. The van der Waals surface area contributed by atoms with Crippen molar-refractivity contribution < 1.29 is 17.9 Å². The number of hydrogen-bond donors (Lipinski definition) is 2. The molecule has 3 N–H and O–H groups in total. The zero-order chi connectivity index (χ0) is 19.4. The number of methoxy groups -OCH3 is 1. The molecule has 0 unspecified atom stereocenters. The third kappa shape index (κ3) is 4.67. The molecule has 27 heavy (non-hydrogen) atoms. The van der Waals surface area contributed by atoms with E-state index in [4.69, 9.17) is 10.5 Å². The van der Waals surface area contributed by atoms with Crippen molar-refractivity contribution in [3.63, 3.8) is 0 Å². The summed E-state index contributed by atoms with van der Waals surface area (Å²) >= 11 is 1.18. The highest BCUT2D eigenvalue weighted by Gasteiger charge is 2.29. The van der Waals surface area contributed by atoms with Crippen LogP contribution in [0.15, 0.2) is 40.6 Å². The third-order valence-electron chi connectivity index (χ3n) is 4.48. The number of nitrogens with zero attached hydrogens (tertiary/aromatic N) is 1. The molecule has 1 amide bonds. The normalized spacial score (nSPS) is 16.2. The Bertz CT molecular complexity index is 903. The van der Waals surface area contributed by atoms with E-state index in [0.29, 0.717) is 41.5 Å². The molecule has 9 heteroatoms. The Balaban J connectivity index is 1.63. The Morgan fingerprint density at radius 3 is 2.74 bits per heavy atom. The lowest BCUT2D eigenvalue weighted by Gasteiger charge is -2.28. The topological polar surface area (TPSA) is 102 Å². The summed E-state index contributed by atoms with van der Waals surface area (Å²) < 4.78 is 32.4. The van der Waals surface area contributed by atoms with Crippen LogP contribution >= 0.6 is 11.3 Å². The smallest absolute Gasteiger partial charge is 0.252 e. The van der Waals surface area contributed by atoms with Crippen molar-refractivity contribution in [2.24, 2.45) is 5.73 Å². The molecular weight excluding hydrogens is 386 g/mol. The monoisotopic (exact) mass is 409 g/mol. The van der Waals surface area contributed by atoms with E-state index in [-0.39, 0.29) is 18.5 Å². The highest BCUT2D eigenvalue weighted by Crippen LogP contribution is 2.27. The van der Waals surface area contributed by atoms with Crippen LogP contribution in [0.3, 0.4) is 0 Å². The average molecular weight is 410 g/mol. The molecule has 0 radical (unpaired) electrons. The number of ether oxygens (including phenoxy) is 1. The summed E-state index contributed by atoms with van der Waals surface area (Å²) in [5, 5.41) is 2.81. The lowest BCUT2D eigenvalue weighted by molar-refractivity contribution is 0.0951. The van der Waals surface area contributed by atoms with Gasteiger partial charge in [0.1, 0.15) is 9.96 Å². The molecule has 1 aliphatic heterocycles. The standard InChI is InChI=1S/C18H23N3O4S2/c1-25-15-4-2-3-13(11-15)18(22)20-12-16-5-6-17(26-16)27(23,24)21-9-7-14(19)8-10-21/h2-6,11,14H,7-10,12,19H2,1H3,(H,20,22). The molecule has 2 heterocycles. The number of carbonyl (C=O) groups excluding carboxylic acids is 1. The number of amides is 1. The van der Waals surface area contributed by atoms with Gasteiger partial charge in [-0.1, -0.05) is 6.07 Å². The molecule has 1 aromatic carbocycles. The van der Waals surface area contributed by atoms with Gasteiger partial charge in [0.2, 0.25) is 0 Å². The number of hydrogen-bond acceptors (Lipinski definition) is 6. The Kier molecular flexibility index (Phi) is 6.15. The van der Waals surface area contributed by atoms with Crippen LogP contribution in [0.5, 0.6) is 5.75 Å². The van der Waals surface area contributed by atoms with E-state index >= 15 is 0 Å². The molecule has 146 valence electrons. The van der Waals surface area contributed by atoms with Crippen molar-refractivity contribution in [3.8, 4) is 5.75 Å². The van der Waals surface area contributed by atoms with Gasteiger partial charge in [0, 0.05) is 29.6 Å². The maximum atomic E-state index is 12.7. The van der Waals surface area contributed by atoms with Crippen LogP contribution in [0, 0.1) is 0 Å². The molecule has 7 nitrogen and oxygen atoms in total. The Morgan fingerprint density at radius 1 is 1.30 bits per heavy atom. The summed E-state index contributed by atoms with van der Waals surface area (Å²) in [6.45, 7) is 1.16. The average Bonchev–Trinajstić information content (AvgIpc) is 3.16. The second-order valence-corrected chi connectivity index (χ2v) is 9.71. The summed E-state index contributed by atoms with van der Waals surface area (Å²) in [7, 11) is -1.95. The van der Waals surface area contributed by atoms with Crippen LogP contribution in [0.2, 0.25) is 0 Å². The van der Waals surface area contributed by atoms with Crippen molar-refractivity contribution in [2.45, 2.75) is 29.6 Å². The highest BCUT2D eigenvalue weighted by molar-refractivity contribution is 7.91. The number of sulfonamides is 1. The first-order valence-corrected chi connectivity index (χ1v) is 10.9. The van der Waals surface area contributed by atoms with Crippen LogP contribution in [-0.4, -0.2) is 44.9 Å². The van der Waals surface area contributed by atoms with Gasteiger partial charge in [-0.15, -0.1) is 11.3 Å². The minimum absolute atomic E-state index is 0.0715. The van der Waals surface area contributed by atoms with Gasteiger partial charge in [0.25, 0.3) is 15.9 Å². The minimum Gasteiger partial charge on any atom is -0.497 e. The molecule has 0 aliphatic carbocycles. The van der Waals surface area contributed by atoms with Crippen molar-refractivity contribution in [1.82, 2.24) is 9.62 Å². The van der Waals surface area contributed by atoms with Gasteiger partial charge in [-0.2, -0.15) is 4.31 Å². The van der Waals surface area contributed by atoms with E-state index < -0.39 is 10.0 Å². The first-order valence-electron chi connectivity index (χ1n) is 8.67. The predicted octanol–water partition coefficient (Wildman–Crippen LogP) is 1.80. The summed E-state index contributed by atoms with van der Waals surface area (Å²) in [5.41, 5.74) is 6.34. The molecule has 0 atom stereocenters. The molecule has 0 bridgehead atoms. The third-order valence-corrected chi connectivity index (χ3v) is 7.94. The predicted molar refractivity (Wildman–Crippen MR) is 104 cm³/mol. The summed E-state index contributed by atoms with van der Waals surface area (Å²) in [5.74, 6) is 0.366. The summed E-state index contributed by atoms with van der Waals surface area (Å²) in [6, 6.07) is 10.3. The molecule has 1 saturated heterocycles. The lowest BCUT2D eigenvalue weighted by atomic mass is 10.1. The van der Waals surface area contributed by atoms with E-state index in [1.807, 2.05) is 0 Å². The van der Waals surface area contributed by atoms with Gasteiger partial charge in [0.05, 0.1) is 13.7 Å².